The van der Waals surface area contributed by atoms with Gasteiger partial charge in [-0.1, -0.05) is 24.0 Å². The summed E-state index contributed by atoms with van der Waals surface area (Å²) < 4.78 is 8.08. The van der Waals surface area contributed by atoms with E-state index in [1.54, 1.807) is 6.20 Å². The molecule has 10 nitrogen and oxygen atoms in total. The van der Waals surface area contributed by atoms with Crippen molar-refractivity contribution in [3.63, 3.8) is 0 Å². The number of hydrogen-bond acceptors (Lipinski definition) is 7. The Morgan fingerprint density at radius 2 is 1.91 bits per heavy atom. The van der Waals surface area contributed by atoms with Crippen LogP contribution in [0, 0.1) is 11.8 Å². The maximum Gasteiger partial charge on any atom is 0.253 e. The van der Waals surface area contributed by atoms with Gasteiger partial charge in [0.25, 0.3) is 5.91 Å². The smallest absolute Gasteiger partial charge is 0.253 e. The Morgan fingerprint density at radius 1 is 1.11 bits per heavy atom. The molecule has 224 valence electrons. The van der Waals surface area contributed by atoms with Crippen molar-refractivity contribution < 1.29 is 14.3 Å². The fourth-order valence-electron chi connectivity index (χ4n) is 5.64. The molecule has 44 heavy (non-hydrogen) atoms. The normalized spacial score (nSPS) is 15.1. The molecule has 10 heteroatoms. The third-order valence-electron chi connectivity index (χ3n) is 8.04. The predicted octanol–water partition coefficient (Wildman–Crippen LogP) is 3.40. The minimum Gasteiger partial charge on any atom is -0.490 e. The second-order valence-electron chi connectivity index (χ2n) is 11.3. The number of rotatable bonds is 6. The van der Waals surface area contributed by atoms with Crippen molar-refractivity contribution in [2.45, 2.75) is 31.8 Å². The Bertz CT molecular complexity index is 1760. The van der Waals surface area contributed by atoms with Crippen LogP contribution in [0.3, 0.4) is 0 Å². The molecule has 2 aromatic carbocycles. The number of benzene rings is 2. The molecular weight excluding hydrogens is 554 g/mol. The zero-order valence-electron chi connectivity index (χ0n) is 24.9. The molecule has 0 saturated carbocycles. The first-order valence-corrected chi connectivity index (χ1v) is 14.8. The SMILES string of the molecule is CN1CCC(Oc2ccc(NC(=O)Cc3cccc(C#Cc4cnc(N)nc4-c4cc5c(n4C)CCNC5=O)c3)cc2)CC1. The molecule has 0 radical (unpaired) electrons. The average molecular weight is 590 g/mol. The lowest BCUT2D eigenvalue weighted by Crippen LogP contribution is -2.35. The van der Waals surface area contributed by atoms with Crippen LogP contribution in [-0.2, 0) is 24.7 Å². The molecule has 0 atom stereocenters. The van der Waals surface area contributed by atoms with E-state index < -0.39 is 0 Å². The van der Waals surface area contributed by atoms with Gasteiger partial charge in [-0.15, -0.1) is 0 Å². The number of carbonyl (C=O) groups is 2. The molecule has 1 saturated heterocycles. The van der Waals surface area contributed by atoms with E-state index in [4.69, 9.17) is 10.5 Å². The lowest BCUT2D eigenvalue weighted by molar-refractivity contribution is -0.115. The number of likely N-dealkylation sites (tertiary alicyclic amines) is 1. The molecule has 0 spiro atoms. The fraction of sp³-hybridized carbons (Fsp3) is 0.294. The third kappa shape index (κ3) is 6.58. The molecular formula is C34H35N7O3. The molecule has 4 N–H and O–H groups in total. The summed E-state index contributed by atoms with van der Waals surface area (Å²) in [4.78, 5) is 36.2. The Kier molecular flexibility index (Phi) is 8.30. The van der Waals surface area contributed by atoms with Crippen LogP contribution in [0.2, 0.25) is 0 Å². The minimum absolute atomic E-state index is 0.0994. The summed E-state index contributed by atoms with van der Waals surface area (Å²) >= 11 is 0. The summed E-state index contributed by atoms with van der Waals surface area (Å²) in [6.45, 7) is 2.67. The maximum absolute atomic E-state index is 12.8. The standard InChI is InChI=1S/C34H35N7O3/c1-40-16-13-27(14-17-40)44-26-10-8-25(9-11-26)38-31(42)19-23-5-3-4-22(18-23)6-7-24-21-37-34(35)39-32(24)30-20-28-29(41(30)2)12-15-36-33(28)43/h3-5,8-11,18,20-21,27H,12-17,19H2,1-2H3,(H,36,43)(H,38,42)(H2,35,37,39). The molecule has 2 aromatic heterocycles. The highest BCUT2D eigenvalue weighted by atomic mass is 16.5. The first-order chi connectivity index (χ1) is 21.3. The number of ether oxygens (including phenoxy) is 1. The number of amides is 2. The summed E-state index contributed by atoms with van der Waals surface area (Å²) in [5, 5.41) is 5.85. The number of hydrogen-bond donors (Lipinski definition) is 3. The number of aromatic nitrogens is 3. The summed E-state index contributed by atoms with van der Waals surface area (Å²) in [5.41, 5.74) is 11.7. The lowest BCUT2D eigenvalue weighted by atomic mass is 10.1. The largest absolute Gasteiger partial charge is 0.490 e. The van der Waals surface area contributed by atoms with Gasteiger partial charge in [0, 0.05) is 56.2 Å². The van der Waals surface area contributed by atoms with Gasteiger partial charge in [-0.2, -0.15) is 0 Å². The highest BCUT2D eigenvalue weighted by Crippen LogP contribution is 2.28. The molecule has 0 bridgehead atoms. The number of anilines is 2. The van der Waals surface area contributed by atoms with E-state index in [9.17, 15) is 9.59 Å². The van der Waals surface area contributed by atoms with Crippen molar-refractivity contribution in [3.05, 3.63) is 88.7 Å². The predicted molar refractivity (Wildman–Crippen MR) is 169 cm³/mol. The third-order valence-corrected chi connectivity index (χ3v) is 8.04. The van der Waals surface area contributed by atoms with Crippen LogP contribution >= 0.6 is 0 Å². The molecule has 2 amide bonds. The number of nitrogen functional groups attached to an aromatic ring is 1. The van der Waals surface area contributed by atoms with Crippen LogP contribution in [0.15, 0.2) is 60.8 Å². The first kappa shape index (κ1) is 29.0. The van der Waals surface area contributed by atoms with Crippen molar-refractivity contribution in [3.8, 4) is 29.0 Å². The van der Waals surface area contributed by atoms with Crippen LogP contribution in [-0.4, -0.2) is 64.0 Å². The van der Waals surface area contributed by atoms with Gasteiger partial charge < -0.3 is 30.6 Å². The number of nitrogens with zero attached hydrogens (tertiary/aromatic N) is 4. The quantitative estimate of drug-likeness (QED) is 0.294. The summed E-state index contributed by atoms with van der Waals surface area (Å²) in [5.74, 6) is 7.07. The maximum atomic E-state index is 12.8. The molecule has 2 aliphatic heterocycles. The van der Waals surface area contributed by atoms with E-state index in [1.807, 2.05) is 66.2 Å². The summed E-state index contributed by atoms with van der Waals surface area (Å²) in [6.07, 6.45) is 4.80. The Labute approximate surface area is 256 Å². The molecule has 2 aliphatic rings. The Balaban J connectivity index is 1.12. The minimum atomic E-state index is -0.120. The van der Waals surface area contributed by atoms with Gasteiger partial charge in [-0.05, 0) is 67.9 Å². The number of fused-ring (bicyclic) bond motifs is 1. The van der Waals surface area contributed by atoms with Crippen LogP contribution < -0.4 is 21.1 Å². The van der Waals surface area contributed by atoms with Gasteiger partial charge in [0.2, 0.25) is 11.9 Å². The molecule has 0 unspecified atom stereocenters. The molecule has 1 fully saturated rings. The van der Waals surface area contributed by atoms with E-state index in [0.717, 1.165) is 66.3 Å². The van der Waals surface area contributed by atoms with E-state index >= 15 is 0 Å². The van der Waals surface area contributed by atoms with Crippen molar-refractivity contribution in [1.29, 1.82) is 0 Å². The molecule has 4 heterocycles. The van der Waals surface area contributed by atoms with Crippen molar-refractivity contribution in [2.75, 3.05) is 37.7 Å². The second kappa shape index (κ2) is 12.6. The van der Waals surface area contributed by atoms with E-state index in [0.29, 0.717) is 23.4 Å². The topological polar surface area (TPSA) is 127 Å². The van der Waals surface area contributed by atoms with Gasteiger partial charge in [-0.25, -0.2) is 9.97 Å². The van der Waals surface area contributed by atoms with Crippen molar-refractivity contribution in [1.82, 2.24) is 24.8 Å². The van der Waals surface area contributed by atoms with Crippen LogP contribution in [0.1, 0.15) is 45.6 Å². The number of nitrogens with one attached hydrogen (secondary N) is 2. The zero-order valence-corrected chi connectivity index (χ0v) is 24.9. The Morgan fingerprint density at radius 3 is 2.68 bits per heavy atom. The van der Waals surface area contributed by atoms with Crippen molar-refractivity contribution in [2.24, 2.45) is 7.05 Å². The molecule has 4 aromatic rings. The van der Waals surface area contributed by atoms with E-state index in [1.165, 1.54) is 0 Å². The number of carbonyl (C=O) groups excluding carboxylic acids is 2. The van der Waals surface area contributed by atoms with Gasteiger partial charge in [0.1, 0.15) is 17.5 Å². The van der Waals surface area contributed by atoms with Crippen molar-refractivity contribution >= 4 is 23.5 Å². The number of nitrogens with two attached hydrogens (primary N) is 1. The van der Waals surface area contributed by atoms with Gasteiger partial charge >= 0.3 is 0 Å². The average Bonchev–Trinajstić information content (AvgIpc) is 3.36. The van der Waals surface area contributed by atoms with Crippen LogP contribution in [0.5, 0.6) is 5.75 Å². The van der Waals surface area contributed by atoms with Gasteiger partial charge in [0.05, 0.1) is 23.2 Å². The summed E-state index contributed by atoms with van der Waals surface area (Å²) in [7, 11) is 4.04. The monoisotopic (exact) mass is 589 g/mol. The van der Waals surface area contributed by atoms with E-state index in [2.05, 4.69) is 44.4 Å². The van der Waals surface area contributed by atoms with Gasteiger partial charge in [-0.3, -0.25) is 9.59 Å². The zero-order chi connectivity index (χ0) is 30.6. The fourth-order valence-corrected chi connectivity index (χ4v) is 5.64. The van der Waals surface area contributed by atoms with Crippen LogP contribution in [0.25, 0.3) is 11.4 Å². The lowest BCUT2D eigenvalue weighted by Gasteiger charge is -2.29. The molecule has 0 aliphatic carbocycles. The highest BCUT2D eigenvalue weighted by Gasteiger charge is 2.24. The number of piperidine rings is 1. The van der Waals surface area contributed by atoms with Crippen LogP contribution in [0.4, 0.5) is 11.6 Å². The Hall–Kier alpha value is -5.14. The molecule has 6 rings (SSSR count). The highest BCUT2D eigenvalue weighted by molar-refractivity contribution is 5.98. The first-order valence-electron chi connectivity index (χ1n) is 14.8. The summed E-state index contributed by atoms with van der Waals surface area (Å²) in [6, 6.07) is 16.9. The van der Waals surface area contributed by atoms with Gasteiger partial charge in [0.15, 0.2) is 0 Å². The second-order valence-corrected chi connectivity index (χ2v) is 11.3. The van der Waals surface area contributed by atoms with E-state index in [-0.39, 0.29) is 30.3 Å².